The maximum atomic E-state index is 11.0. The summed E-state index contributed by atoms with van der Waals surface area (Å²) in [7, 11) is 0. The SMILES string of the molecule is CC(=O)c1ccc(NC(C)C(N)=O)cc1. The van der Waals surface area contributed by atoms with E-state index >= 15 is 0 Å². The molecule has 1 rings (SSSR count). The molecule has 0 aliphatic carbocycles. The summed E-state index contributed by atoms with van der Waals surface area (Å²) in [5.41, 5.74) is 6.52. The normalized spacial score (nSPS) is 11.9. The summed E-state index contributed by atoms with van der Waals surface area (Å²) in [6, 6.07) is 6.48. The van der Waals surface area contributed by atoms with Crippen LogP contribution in [0.25, 0.3) is 0 Å². The molecule has 80 valence electrons. The Morgan fingerprint density at radius 3 is 2.20 bits per heavy atom. The number of carbonyl (C=O) groups excluding carboxylic acids is 2. The van der Waals surface area contributed by atoms with Crippen molar-refractivity contribution in [2.24, 2.45) is 5.73 Å². The van der Waals surface area contributed by atoms with Crippen molar-refractivity contribution in [3.63, 3.8) is 0 Å². The molecule has 0 heterocycles. The van der Waals surface area contributed by atoms with Gasteiger partial charge in [0.25, 0.3) is 0 Å². The second kappa shape index (κ2) is 4.59. The van der Waals surface area contributed by atoms with Gasteiger partial charge in [0, 0.05) is 11.3 Å². The van der Waals surface area contributed by atoms with Crippen LogP contribution in [-0.4, -0.2) is 17.7 Å². The first-order valence-corrected chi connectivity index (χ1v) is 4.67. The number of Topliss-reactive ketones (excluding diaryl/α,β-unsaturated/α-hetero) is 1. The number of rotatable bonds is 4. The highest BCUT2D eigenvalue weighted by molar-refractivity contribution is 5.94. The average molecular weight is 206 g/mol. The van der Waals surface area contributed by atoms with Crippen LogP contribution >= 0.6 is 0 Å². The van der Waals surface area contributed by atoms with Crippen molar-refractivity contribution >= 4 is 17.4 Å². The zero-order chi connectivity index (χ0) is 11.4. The second-order valence-electron chi connectivity index (χ2n) is 3.40. The molecule has 1 unspecified atom stereocenters. The van der Waals surface area contributed by atoms with E-state index in [0.29, 0.717) is 5.56 Å². The Labute approximate surface area is 88.5 Å². The molecule has 1 amide bonds. The highest BCUT2D eigenvalue weighted by Gasteiger charge is 2.07. The minimum absolute atomic E-state index is 0.0181. The highest BCUT2D eigenvalue weighted by Crippen LogP contribution is 2.10. The smallest absolute Gasteiger partial charge is 0.239 e. The van der Waals surface area contributed by atoms with Gasteiger partial charge in [0.1, 0.15) is 6.04 Å². The van der Waals surface area contributed by atoms with Gasteiger partial charge >= 0.3 is 0 Å². The fraction of sp³-hybridized carbons (Fsp3) is 0.273. The van der Waals surface area contributed by atoms with E-state index in [1.165, 1.54) is 6.92 Å². The molecule has 3 N–H and O–H groups in total. The average Bonchev–Trinajstić information content (AvgIpc) is 2.18. The molecule has 4 heteroatoms. The van der Waals surface area contributed by atoms with Gasteiger partial charge in [0.15, 0.2) is 5.78 Å². The molecule has 0 fully saturated rings. The Kier molecular flexibility index (Phi) is 3.44. The zero-order valence-electron chi connectivity index (χ0n) is 8.78. The lowest BCUT2D eigenvalue weighted by molar-refractivity contribution is -0.118. The summed E-state index contributed by atoms with van der Waals surface area (Å²) in [4.78, 5) is 21.8. The Balaban J connectivity index is 2.72. The second-order valence-corrected chi connectivity index (χ2v) is 3.40. The molecule has 0 saturated heterocycles. The first kappa shape index (κ1) is 11.2. The van der Waals surface area contributed by atoms with Crippen molar-refractivity contribution in [2.45, 2.75) is 19.9 Å². The van der Waals surface area contributed by atoms with E-state index in [4.69, 9.17) is 5.73 Å². The predicted octanol–water partition coefficient (Wildman–Crippen LogP) is 1.17. The molecule has 4 nitrogen and oxygen atoms in total. The number of benzene rings is 1. The lowest BCUT2D eigenvalue weighted by Crippen LogP contribution is -2.32. The van der Waals surface area contributed by atoms with Crippen LogP contribution in [0.15, 0.2) is 24.3 Å². The van der Waals surface area contributed by atoms with E-state index in [2.05, 4.69) is 5.32 Å². The number of anilines is 1. The molecule has 0 aliphatic heterocycles. The number of carbonyl (C=O) groups is 2. The van der Waals surface area contributed by atoms with Gasteiger partial charge in [0.2, 0.25) is 5.91 Å². The van der Waals surface area contributed by atoms with E-state index in [-0.39, 0.29) is 5.78 Å². The van der Waals surface area contributed by atoms with Crippen LogP contribution in [0, 0.1) is 0 Å². The van der Waals surface area contributed by atoms with Crippen LogP contribution in [-0.2, 0) is 4.79 Å². The molecule has 0 saturated carbocycles. The van der Waals surface area contributed by atoms with Gasteiger partial charge in [-0.25, -0.2) is 0 Å². The Morgan fingerprint density at radius 1 is 1.27 bits per heavy atom. The minimum Gasteiger partial charge on any atom is -0.374 e. The van der Waals surface area contributed by atoms with Gasteiger partial charge in [-0.15, -0.1) is 0 Å². The quantitative estimate of drug-likeness (QED) is 0.726. The van der Waals surface area contributed by atoms with Crippen LogP contribution in [0.4, 0.5) is 5.69 Å². The largest absolute Gasteiger partial charge is 0.374 e. The molecular weight excluding hydrogens is 192 g/mol. The van der Waals surface area contributed by atoms with E-state index in [0.717, 1.165) is 5.69 Å². The molecule has 0 spiro atoms. The third kappa shape index (κ3) is 3.09. The molecule has 0 bridgehead atoms. The molecule has 15 heavy (non-hydrogen) atoms. The van der Waals surface area contributed by atoms with Crippen LogP contribution in [0.1, 0.15) is 24.2 Å². The summed E-state index contributed by atoms with van der Waals surface area (Å²) in [5.74, 6) is -0.393. The van der Waals surface area contributed by atoms with Crippen LogP contribution < -0.4 is 11.1 Å². The lowest BCUT2D eigenvalue weighted by Gasteiger charge is -2.11. The third-order valence-corrected chi connectivity index (χ3v) is 2.10. The summed E-state index contributed by atoms with van der Waals surface area (Å²) in [5, 5.41) is 2.92. The number of nitrogens with one attached hydrogen (secondary N) is 1. The molecule has 0 aromatic heterocycles. The Morgan fingerprint density at radius 2 is 1.80 bits per heavy atom. The number of ketones is 1. The summed E-state index contributed by atoms with van der Waals surface area (Å²) in [6.07, 6.45) is 0. The molecular formula is C11H14N2O2. The predicted molar refractivity (Wildman–Crippen MR) is 58.7 cm³/mol. The number of hydrogen-bond acceptors (Lipinski definition) is 3. The molecule has 1 atom stereocenters. The molecule has 1 aromatic rings. The van der Waals surface area contributed by atoms with Crippen molar-refractivity contribution < 1.29 is 9.59 Å². The topological polar surface area (TPSA) is 72.2 Å². The number of amides is 1. The van der Waals surface area contributed by atoms with E-state index < -0.39 is 11.9 Å². The summed E-state index contributed by atoms with van der Waals surface area (Å²) < 4.78 is 0. The van der Waals surface area contributed by atoms with Crippen molar-refractivity contribution in [1.29, 1.82) is 0 Å². The Bertz CT molecular complexity index is 371. The number of primary amides is 1. The molecule has 1 aromatic carbocycles. The number of nitrogens with two attached hydrogens (primary N) is 1. The third-order valence-electron chi connectivity index (χ3n) is 2.10. The van der Waals surface area contributed by atoms with Crippen LogP contribution in [0.5, 0.6) is 0 Å². The minimum atomic E-state index is -0.423. The Hall–Kier alpha value is -1.84. The summed E-state index contributed by atoms with van der Waals surface area (Å²) >= 11 is 0. The van der Waals surface area contributed by atoms with Crippen molar-refractivity contribution in [2.75, 3.05) is 5.32 Å². The van der Waals surface area contributed by atoms with Gasteiger partial charge in [-0.1, -0.05) is 0 Å². The first-order chi connectivity index (χ1) is 7.00. The van der Waals surface area contributed by atoms with Crippen LogP contribution in [0.2, 0.25) is 0 Å². The molecule has 0 radical (unpaired) electrons. The van der Waals surface area contributed by atoms with Gasteiger partial charge in [-0.3, -0.25) is 9.59 Å². The van der Waals surface area contributed by atoms with Gasteiger partial charge in [-0.05, 0) is 38.1 Å². The maximum Gasteiger partial charge on any atom is 0.239 e. The van der Waals surface area contributed by atoms with Gasteiger partial charge in [0.05, 0.1) is 0 Å². The standard InChI is InChI=1S/C11H14N2O2/c1-7(11(12)15)13-10-5-3-9(4-6-10)8(2)14/h3-7,13H,1-2H3,(H2,12,15). The maximum absolute atomic E-state index is 11.0. The van der Waals surface area contributed by atoms with Gasteiger partial charge in [-0.2, -0.15) is 0 Å². The highest BCUT2D eigenvalue weighted by atomic mass is 16.1. The fourth-order valence-corrected chi connectivity index (χ4v) is 1.12. The lowest BCUT2D eigenvalue weighted by atomic mass is 10.1. The van der Waals surface area contributed by atoms with Crippen molar-refractivity contribution in [3.05, 3.63) is 29.8 Å². The zero-order valence-corrected chi connectivity index (χ0v) is 8.78. The van der Waals surface area contributed by atoms with Gasteiger partial charge < -0.3 is 11.1 Å². The van der Waals surface area contributed by atoms with E-state index in [9.17, 15) is 9.59 Å². The van der Waals surface area contributed by atoms with E-state index in [1.54, 1.807) is 31.2 Å². The van der Waals surface area contributed by atoms with Crippen molar-refractivity contribution in [1.82, 2.24) is 0 Å². The number of hydrogen-bond donors (Lipinski definition) is 2. The monoisotopic (exact) mass is 206 g/mol. The van der Waals surface area contributed by atoms with Crippen molar-refractivity contribution in [3.8, 4) is 0 Å². The van der Waals surface area contributed by atoms with E-state index in [1.807, 2.05) is 0 Å². The summed E-state index contributed by atoms with van der Waals surface area (Å²) in [6.45, 7) is 3.19. The molecule has 0 aliphatic rings. The fourth-order valence-electron chi connectivity index (χ4n) is 1.12. The first-order valence-electron chi connectivity index (χ1n) is 4.67. The van der Waals surface area contributed by atoms with Crippen LogP contribution in [0.3, 0.4) is 0 Å².